The second kappa shape index (κ2) is 8.49. The number of anilines is 2. The molecule has 1 amide bonds. The first-order chi connectivity index (χ1) is 11.2. The zero-order valence-electron chi connectivity index (χ0n) is 13.0. The van der Waals surface area contributed by atoms with E-state index >= 15 is 0 Å². The Hall–Kier alpha value is -2.94. The minimum atomic E-state index is -0.285. The quantitative estimate of drug-likeness (QED) is 0.766. The molecule has 0 spiro atoms. The minimum absolute atomic E-state index is 0.285. The number of aromatic nitrogens is 2. The van der Waals surface area contributed by atoms with Crippen molar-refractivity contribution in [2.75, 3.05) is 17.2 Å². The molecule has 0 atom stereocenters. The van der Waals surface area contributed by atoms with Gasteiger partial charge in [0.2, 0.25) is 5.95 Å². The second-order valence-electron chi connectivity index (χ2n) is 5.07. The van der Waals surface area contributed by atoms with Crippen LogP contribution < -0.4 is 10.6 Å². The monoisotopic (exact) mass is 309 g/mol. The largest absolute Gasteiger partial charge is 0.354 e. The van der Waals surface area contributed by atoms with Crippen molar-refractivity contribution in [2.45, 2.75) is 26.2 Å². The molecule has 0 saturated carbocycles. The molecule has 6 heteroatoms. The molecular weight excluding hydrogens is 290 g/mol. The zero-order chi connectivity index (χ0) is 16.5. The van der Waals surface area contributed by atoms with Crippen LogP contribution in [0.5, 0.6) is 0 Å². The van der Waals surface area contributed by atoms with Crippen molar-refractivity contribution in [2.24, 2.45) is 0 Å². The highest BCUT2D eigenvalue weighted by Crippen LogP contribution is 2.11. The highest BCUT2D eigenvalue weighted by molar-refractivity contribution is 6.03. The van der Waals surface area contributed by atoms with Gasteiger partial charge in [0.25, 0.3) is 5.91 Å². The minimum Gasteiger partial charge on any atom is -0.354 e. The number of benzene rings is 1. The van der Waals surface area contributed by atoms with Crippen LogP contribution in [-0.4, -0.2) is 22.4 Å². The summed E-state index contributed by atoms with van der Waals surface area (Å²) in [7, 11) is 0. The number of rotatable bonds is 7. The molecule has 1 aromatic heterocycles. The fourth-order valence-corrected chi connectivity index (χ4v) is 1.94. The summed E-state index contributed by atoms with van der Waals surface area (Å²) in [5, 5.41) is 14.6. The average Bonchev–Trinajstić information content (AvgIpc) is 2.60. The molecule has 23 heavy (non-hydrogen) atoms. The summed E-state index contributed by atoms with van der Waals surface area (Å²) >= 11 is 0. The van der Waals surface area contributed by atoms with Crippen LogP contribution >= 0.6 is 0 Å². The Kier molecular flexibility index (Phi) is 6.07. The Morgan fingerprint density at radius 1 is 1.17 bits per heavy atom. The van der Waals surface area contributed by atoms with E-state index in [1.807, 2.05) is 6.07 Å². The van der Waals surface area contributed by atoms with Gasteiger partial charge >= 0.3 is 0 Å². The lowest BCUT2D eigenvalue weighted by Gasteiger charge is -2.06. The fraction of sp³-hybridized carbons (Fsp3) is 0.294. The molecule has 1 heterocycles. The molecule has 6 nitrogen and oxygen atoms in total. The molecule has 1 aromatic carbocycles. The molecule has 0 aliphatic heterocycles. The Labute approximate surface area is 135 Å². The van der Waals surface area contributed by atoms with Crippen LogP contribution in [0.1, 0.15) is 42.1 Å². The zero-order valence-corrected chi connectivity index (χ0v) is 13.0. The third-order valence-electron chi connectivity index (χ3n) is 3.25. The van der Waals surface area contributed by atoms with E-state index in [0.717, 1.165) is 25.8 Å². The van der Waals surface area contributed by atoms with E-state index in [2.05, 4.69) is 27.5 Å². The predicted octanol–water partition coefficient (Wildman–Crippen LogP) is 3.20. The number of nitriles is 1. The van der Waals surface area contributed by atoms with Gasteiger partial charge in [-0.25, -0.2) is 9.97 Å². The number of unbranched alkanes of at least 4 members (excludes halogenated alkanes) is 2. The van der Waals surface area contributed by atoms with Crippen molar-refractivity contribution in [3.05, 3.63) is 47.8 Å². The van der Waals surface area contributed by atoms with Gasteiger partial charge < -0.3 is 10.6 Å². The number of hydrogen-bond donors (Lipinski definition) is 2. The van der Waals surface area contributed by atoms with E-state index in [0.29, 0.717) is 22.8 Å². The Morgan fingerprint density at radius 3 is 2.48 bits per heavy atom. The molecule has 2 N–H and O–H groups in total. The van der Waals surface area contributed by atoms with E-state index in [-0.39, 0.29) is 5.91 Å². The van der Waals surface area contributed by atoms with Crippen molar-refractivity contribution in [1.29, 1.82) is 5.26 Å². The van der Waals surface area contributed by atoms with E-state index < -0.39 is 0 Å². The lowest BCUT2D eigenvalue weighted by Crippen LogP contribution is -2.13. The summed E-state index contributed by atoms with van der Waals surface area (Å²) in [6, 6.07) is 8.69. The van der Waals surface area contributed by atoms with Crippen LogP contribution in [0.25, 0.3) is 0 Å². The van der Waals surface area contributed by atoms with Crippen LogP contribution in [0, 0.1) is 11.3 Å². The number of carbonyl (C=O) groups excluding carboxylic acids is 1. The molecule has 0 radical (unpaired) electrons. The van der Waals surface area contributed by atoms with Gasteiger partial charge in [-0.3, -0.25) is 4.79 Å². The molecule has 0 bridgehead atoms. The Bertz CT molecular complexity index is 674. The number of carbonyl (C=O) groups is 1. The second-order valence-corrected chi connectivity index (χ2v) is 5.07. The van der Waals surface area contributed by atoms with Crippen LogP contribution in [0.4, 0.5) is 11.6 Å². The van der Waals surface area contributed by atoms with Gasteiger partial charge in [-0.2, -0.15) is 5.26 Å². The normalized spacial score (nSPS) is 9.91. The van der Waals surface area contributed by atoms with Gasteiger partial charge in [-0.1, -0.05) is 19.8 Å². The molecule has 0 aliphatic carbocycles. The number of hydrogen-bond acceptors (Lipinski definition) is 5. The molecule has 0 unspecified atom stereocenters. The molecule has 0 aliphatic rings. The van der Waals surface area contributed by atoms with Gasteiger partial charge in [0.05, 0.1) is 17.2 Å². The van der Waals surface area contributed by atoms with E-state index in [1.165, 1.54) is 12.4 Å². The molecule has 118 valence electrons. The summed E-state index contributed by atoms with van der Waals surface area (Å²) in [6.07, 6.45) is 6.39. The summed E-state index contributed by atoms with van der Waals surface area (Å²) < 4.78 is 0. The fourth-order valence-electron chi connectivity index (χ4n) is 1.94. The van der Waals surface area contributed by atoms with Gasteiger partial charge in [0.1, 0.15) is 0 Å². The van der Waals surface area contributed by atoms with E-state index in [4.69, 9.17) is 5.26 Å². The van der Waals surface area contributed by atoms with Crippen LogP contribution in [-0.2, 0) is 0 Å². The number of nitrogens with zero attached hydrogens (tertiary/aromatic N) is 3. The number of amides is 1. The highest BCUT2D eigenvalue weighted by Gasteiger charge is 2.07. The Balaban J connectivity index is 1.90. The van der Waals surface area contributed by atoms with Gasteiger partial charge in [-0.15, -0.1) is 0 Å². The lowest BCUT2D eigenvalue weighted by atomic mass is 10.2. The molecule has 2 aromatic rings. The maximum Gasteiger partial charge on any atom is 0.258 e. The van der Waals surface area contributed by atoms with E-state index in [1.54, 1.807) is 24.3 Å². The first kappa shape index (κ1) is 16.4. The van der Waals surface area contributed by atoms with E-state index in [9.17, 15) is 4.79 Å². The van der Waals surface area contributed by atoms with Crippen molar-refractivity contribution in [3.8, 4) is 6.07 Å². The van der Waals surface area contributed by atoms with Gasteiger partial charge in [-0.05, 0) is 30.7 Å². The number of nitrogens with one attached hydrogen (secondary N) is 2. The van der Waals surface area contributed by atoms with Crippen molar-refractivity contribution >= 4 is 17.5 Å². The molecule has 0 saturated heterocycles. The molecular formula is C17H19N5O. The molecule has 0 fully saturated rings. The summed E-state index contributed by atoms with van der Waals surface area (Å²) in [6.45, 7) is 2.97. The summed E-state index contributed by atoms with van der Waals surface area (Å²) in [4.78, 5) is 20.4. The third-order valence-corrected chi connectivity index (χ3v) is 3.25. The van der Waals surface area contributed by atoms with Crippen LogP contribution in [0.3, 0.4) is 0 Å². The highest BCUT2D eigenvalue weighted by atomic mass is 16.1. The SMILES string of the molecule is CCCCCNc1ncc(C(=O)Nc2ccc(C#N)cc2)cn1. The maximum absolute atomic E-state index is 12.1. The lowest BCUT2D eigenvalue weighted by molar-refractivity contribution is 0.102. The Morgan fingerprint density at radius 2 is 1.87 bits per heavy atom. The topological polar surface area (TPSA) is 90.7 Å². The first-order valence-corrected chi connectivity index (χ1v) is 7.60. The van der Waals surface area contributed by atoms with Crippen molar-refractivity contribution in [3.63, 3.8) is 0 Å². The van der Waals surface area contributed by atoms with Crippen molar-refractivity contribution < 1.29 is 4.79 Å². The summed E-state index contributed by atoms with van der Waals surface area (Å²) in [5.74, 6) is 0.239. The van der Waals surface area contributed by atoms with Gasteiger partial charge in [0.15, 0.2) is 0 Å². The summed E-state index contributed by atoms with van der Waals surface area (Å²) in [5.41, 5.74) is 1.55. The van der Waals surface area contributed by atoms with Crippen molar-refractivity contribution in [1.82, 2.24) is 9.97 Å². The smallest absolute Gasteiger partial charge is 0.258 e. The third kappa shape index (κ3) is 5.08. The van der Waals surface area contributed by atoms with Crippen LogP contribution in [0.2, 0.25) is 0 Å². The van der Waals surface area contributed by atoms with Gasteiger partial charge in [0, 0.05) is 24.6 Å². The predicted molar refractivity (Wildman–Crippen MR) is 89.2 cm³/mol. The first-order valence-electron chi connectivity index (χ1n) is 7.60. The van der Waals surface area contributed by atoms with Crippen LogP contribution in [0.15, 0.2) is 36.7 Å². The molecule has 2 rings (SSSR count). The standard InChI is InChI=1S/C17H19N5O/c1-2-3-4-9-19-17-20-11-14(12-21-17)16(23)22-15-7-5-13(10-18)6-8-15/h5-8,11-12H,2-4,9H2,1H3,(H,22,23)(H,19,20,21). The average molecular weight is 309 g/mol. The maximum atomic E-state index is 12.1.